The zero-order valence-electron chi connectivity index (χ0n) is 13.0. The summed E-state index contributed by atoms with van der Waals surface area (Å²) in [5, 5.41) is 5.69. The number of likely N-dealkylation sites (tertiary alicyclic amines) is 1. The van der Waals surface area contributed by atoms with Crippen LogP contribution in [-0.2, 0) is 11.3 Å². The molecule has 0 bridgehead atoms. The highest BCUT2D eigenvalue weighted by molar-refractivity contribution is 5.82. The lowest BCUT2D eigenvalue weighted by Gasteiger charge is -2.17. The number of pyridine rings is 1. The fourth-order valence-electron chi connectivity index (χ4n) is 2.99. The van der Waals surface area contributed by atoms with E-state index in [1.54, 1.807) is 6.20 Å². The fraction of sp³-hybridized carbons (Fsp3) is 0.562. The molecule has 6 nitrogen and oxygen atoms in total. The molecule has 0 radical (unpaired) electrons. The van der Waals surface area contributed by atoms with Crippen LogP contribution in [0.5, 0.6) is 0 Å². The normalized spacial score (nSPS) is 26.9. The van der Waals surface area contributed by atoms with Gasteiger partial charge in [-0.15, -0.1) is 0 Å². The van der Waals surface area contributed by atoms with E-state index in [9.17, 15) is 9.59 Å². The van der Waals surface area contributed by atoms with Gasteiger partial charge in [0.25, 0.3) is 0 Å². The highest BCUT2D eigenvalue weighted by Crippen LogP contribution is 2.37. The molecule has 0 aromatic carbocycles. The maximum absolute atomic E-state index is 12.0. The molecule has 2 aliphatic rings. The maximum atomic E-state index is 12.0. The van der Waals surface area contributed by atoms with Crippen molar-refractivity contribution >= 4 is 11.9 Å². The number of hydrogen-bond acceptors (Lipinski definition) is 3. The van der Waals surface area contributed by atoms with Gasteiger partial charge in [-0.2, -0.15) is 0 Å². The van der Waals surface area contributed by atoms with Crippen molar-refractivity contribution in [2.75, 3.05) is 6.54 Å². The average Bonchev–Trinajstić information content (AvgIpc) is 3.09. The van der Waals surface area contributed by atoms with Crippen LogP contribution in [0.1, 0.15) is 31.0 Å². The first-order chi connectivity index (χ1) is 10.5. The Morgan fingerprint density at radius 1 is 1.50 bits per heavy atom. The zero-order valence-corrected chi connectivity index (χ0v) is 13.0. The topological polar surface area (TPSA) is 74.3 Å². The van der Waals surface area contributed by atoms with E-state index >= 15 is 0 Å². The van der Waals surface area contributed by atoms with Crippen molar-refractivity contribution in [2.45, 2.75) is 45.3 Å². The predicted octanol–water partition coefficient (Wildman–Crippen LogP) is 1.20. The maximum Gasteiger partial charge on any atom is 0.315 e. The Labute approximate surface area is 130 Å². The van der Waals surface area contributed by atoms with Gasteiger partial charge in [0.2, 0.25) is 5.91 Å². The van der Waals surface area contributed by atoms with Crippen LogP contribution in [0.3, 0.4) is 0 Å². The van der Waals surface area contributed by atoms with E-state index in [4.69, 9.17) is 0 Å². The second kappa shape index (κ2) is 5.94. The molecule has 2 fully saturated rings. The van der Waals surface area contributed by atoms with Gasteiger partial charge in [-0.3, -0.25) is 9.78 Å². The Morgan fingerprint density at radius 3 is 2.95 bits per heavy atom. The number of rotatable bonds is 4. The number of carbonyl (C=O) groups excluding carboxylic acids is 2. The molecular weight excluding hydrogens is 280 g/mol. The van der Waals surface area contributed by atoms with Gasteiger partial charge in [-0.25, -0.2) is 4.79 Å². The Morgan fingerprint density at radius 2 is 2.27 bits per heavy atom. The van der Waals surface area contributed by atoms with E-state index in [-0.39, 0.29) is 18.0 Å². The Balaban J connectivity index is 1.46. The third kappa shape index (κ3) is 3.21. The molecule has 2 N–H and O–H groups in total. The second-order valence-electron chi connectivity index (χ2n) is 6.32. The third-order valence-electron chi connectivity index (χ3n) is 4.50. The molecule has 3 unspecified atom stereocenters. The van der Waals surface area contributed by atoms with Crippen molar-refractivity contribution in [1.29, 1.82) is 0 Å². The highest BCUT2D eigenvalue weighted by atomic mass is 16.2. The number of nitrogens with zero attached hydrogens (tertiary/aromatic N) is 2. The van der Waals surface area contributed by atoms with Crippen LogP contribution < -0.4 is 10.6 Å². The van der Waals surface area contributed by atoms with E-state index in [0.717, 1.165) is 17.7 Å². The lowest BCUT2D eigenvalue weighted by atomic mass is 10.2. The van der Waals surface area contributed by atoms with Gasteiger partial charge in [-0.05, 0) is 30.9 Å². The lowest BCUT2D eigenvalue weighted by molar-refractivity contribution is -0.128. The van der Waals surface area contributed by atoms with Gasteiger partial charge >= 0.3 is 6.03 Å². The Kier molecular flexibility index (Phi) is 4.00. The summed E-state index contributed by atoms with van der Waals surface area (Å²) in [5.41, 5.74) is 1.90. The minimum absolute atomic E-state index is 0.0925. The Hall–Kier alpha value is -2.11. The SMILES string of the molecule is Cc1cccnc1CNC(=O)NC1CC(=O)N(C2CC2C)C1. The number of urea groups is 1. The molecule has 2 heterocycles. The van der Waals surface area contributed by atoms with Crippen LogP contribution in [0, 0.1) is 12.8 Å². The first kappa shape index (κ1) is 14.8. The van der Waals surface area contributed by atoms with Gasteiger partial charge in [0.05, 0.1) is 18.3 Å². The minimum atomic E-state index is -0.242. The van der Waals surface area contributed by atoms with Gasteiger partial charge in [0.15, 0.2) is 0 Å². The first-order valence-corrected chi connectivity index (χ1v) is 7.79. The van der Waals surface area contributed by atoms with E-state index < -0.39 is 0 Å². The molecule has 3 rings (SSSR count). The molecule has 1 saturated carbocycles. The molecule has 3 amide bonds. The molecular formula is C16H22N4O2. The molecule has 0 spiro atoms. The van der Waals surface area contributed by atoms with Crippen LogP contribution in [0.2, 0.25) is 0 Å². The van der Waals surface area contributed by atoms with Crippen molar-refractivity contribution in [2.24, 2.45) is 5.92 Å². The van der Waals surface area contributed by atoms with E-state index in [0.29, 0.717) is 31.5 Å². The van der Waals surface area contributed by atoms with Crippen molar-refractivity contribution < 1.29 is 9.59 Å². The molecule has 6 heteroatoms. The lowest BCUT2D eigenvalue weighted by Crippen LogP contribution is -2.43. The fourth-order valence-corrected chi connectivity index (χ4v) is 2.99. The van der Waals surface area contributed by atoms with Crippen molar-refractivity contribution in [1.82, 2.24) is 20.5 Å². The zero-order chi connectivity index (χ0) is 15.7. The summed E-state index contributed by atoms with van der Waals surface area (Å²) in [7, 11) is 0. The van der Waals surface area contributed by atoms with Crippen molar-refractivity contribution in [3.05, 3.63) is 29.6 Å². The summed E-state index contributed by atoms with van der Waals surface area (Å²) >= 11 is 0. The number of hydrogen-bond donors (Lipinski definition) is 2. The van der Waals surface area contributed by atoms with Crippen molar-refractivity contribution in [3.8, 4) is 0 Å². The van der Waals surface area contributed by atoms with E-state index in [1.165, 1.54) is 0 Å². The van der Waals surface area contributed by atoms with Gasteiger partial charge < -0.3 is 15.5 Å². The highest BCUT2D eigenvalue weighted by Gasteiger charge is 2.44. The first-order valence-electron chi connectivity index (χ1n) is 7.79. The largest absolute Gasteiger partial charge is 0.337 e. The van der Waals surface area contributed by atoms with Crippen LogP contribution in [0.15, 0.2) is 18.3 Å². The molecule has 1 aliphatic carbocycles. The monoisotopic (exact) mass is 302 g/mol. The van der Waals surface area contributed by atoms with Crippen molar-refractivity contribution in [3.63, 3.8) is 0 Å². The van der Waals surface area contributed by atoms with Gasteiger partial charge in [0, 0.05) is 25.2 Å². The summed E-state index contributed by atoms with van der Waals surface area (Å²) in [6.45, 7) is 5.14. The standard InChI is InChI=1S/C16H22N4O2/c1-10-4-3-5-17-13(10)8-18-16(22)19-12-7-15(21)20(9-12)14-6-11(14)2/h3-5,11-12,14H,6-9H2,1-2H3,(H2,18,19,22). The third-order valence-corrected chi connectivity index (χ3v) is 4.50. The molecule has 1 aliphatic heterocycles. The Bertz CT molecular complexity index is 589. The number of aromatic nitrogens is 1. The minimum Gasteiger partial charge on any atom is -0.337 e. The quantitative estimate of drug-likeness (QED) is 0.877. The summed E-state index contributed by atoms with van der Waals surface area (Å²) in [4.78, 5) is 30.1. The van der Waals surface area contributed by atoms with Crippen LogP contribution in [0.25, 0.3) is 0 Å². The van der Waals surface area contributed by atoms with Gasteiger partial charge in [0.1, 0.15) is 0 Å². The molecule has 1 saturated heterocycles. The summed E-state index contributed by atoms with van der Waals surface area (Å²) in [6, 6.07) is 3.89. The molecule has 1 aromatic heterocycles. The number of nitrogens with one attached hydrogen (secondary N) is 2. The number of carbonyl (C=O) groups is 2. The summed E-state index contributed by atoms with van der Waals surface area (Å²) < 4.78 is 0. The summed E-state index contributed by atoms with van der Waals surface area (Å²) in [6.07, 6.45) is 3.20. The van der Waals surface area contributed by atoms with E-state index in [1.807, 2.05) is 24.0 Å². The van der Waals surface area contributed by atoms with Crippen LogP contribution in [0.4, 0.5) is 4.79 Å². The molecule has 118 valence electrons. The molecule has 3 atom stereocenters. The number of aryl methyl sites for hydroxylation is 1. The molecule has 1 aromatic rings. The van der Waals surface area contributed by atoms with E-state index in [2.05, 4.69) is 22.5 Å². The van der Waals surface area contributed by atoms with Crippen LogP contribution in [-0.4, -0.2) is 40.5 Å². The second-order valence-corrected chi connectivity index (χ2v) is 6.32. The molecule has 22 heavy (non-hydrogen) atoms. The summed E-state index contributed by atoms with van der Waals surface area (Å²) in [5.74, 6) is 0.754. The average molecular weight is 302 g/mol. The van der Waals surface area contributed by atoms with Gasteiger partial charge in [-0.1, -0.05) is 13.0 Å². The van der Waals surface area contributed by atoms with Crippen LogP contribution >= 0.6 is 0 Å². The smallest absolute Gasteiger partial charge is 0.315 e. The predicted molar refractivity (Wildman–Crippen MR) is 82.0 cm³/mol. The number of amides is 3.